The van der Waals surface area contributed by atoms with Crippen LogP contribution in [-0.2, 0) is 4.74 Å². The topological polar surface area (TPSA) is 75.2 Å². The maximum Gasteiger partial charge on any atom is 0.108 e. The summed E-state index contributed by atoms with van der Waals surface area (Å²) in [6, 6.07) is 9.85. The van der Waals surface area contributed by atoms with Crippen LogP contribution in [-0.4, -0.2) is 15.8 Å². The Bertz CT molecular complexity index is 1000. The van der Waals surface area contributed by atoms with E-state index in [4.69, 9.17) is 4.74 Å². The predicted octanol–water partition coefficient (Wildman–Crippen LogP) is 4.32. The van der Waals surface area contributed by atoms with Crippen molar-refractivity contribution in [2.24, 2.45) is 4.99 Å². The monoisotopic (exact) mass is 355 g/mol. The standard InChI is InChI=1S/C21H17N5O/c22-13-18-5-3-4-11-26-17-24-15-20(26)14-23-9-10-25-21-7-2-1-6-19(21)8-12-27-16-18/h1-12,14-17,25H/b5-3-,10-9-,11-4+,12-8+,18-16-,23-14+. The minimum atomic E-state index is 0.396. The lowest BCUT2D eigenvalue weighted by Crippen LogP contribution is -1.92. The third-order valence-corrected chi connectivity index (χ3v) is 3.55. The molecule has 0 spiro atoms. The Morgan fingerprint density at radius 3 is 3.00 bits per heavy atom. The number of imidazole rings is 1. The first-order chi connectivity index (χ1) is 13.4. The van der Waals surface area contributed by atoms with Crippen LogP contribution in [0.1, 0.15) is 11.3 Å². The third-order valence-electron chi connectivity index (χ3n) is 3.55. The average Bonchev–Trinajstić information content (AvgIpc) is 3.14. The number of para-hydroxylation sites is 1. The zero-order valence-corrected chi connectivity index (χ0v) is 14.4. The molecule has 0 saturated heterocycles. The van der Waals surface area contributed by atoms with Gasteiger partial charge in [0, 0.05) is 29.9 Å². The highest BCUT2D eigenvalue weighted by atomic mass is 16.5. The molecule has 132 valence electrons. The summed E-state index contributed by atoms with van der Waals surface area (Å²) in [4.78, 5) is 8.38. The summed E-state index contributed by atoms with van der Waals surface area (Å²) >= 11 is 0. The minimum Gasteiger partial charge on any atom is -0.471 e. The summed E-state index contributed by atoms with van der Waals surface area (Å²) < 4.78 is 7.18. The van der Waals surface area contributed by atoms with Gasteiger partial charge in [0.2, 0.25) is 0 Å². The van der Waals surface area contributed by atoms with Crippen molar-refractivity contribution in [2.45, 2.75) is 0 Å². The van der Waals surface area contributed by atoms with Gasteiger partial charge in [-0.15, -0.1) is 0 Å². The highest BCUT2D eigenvalue weighted by molar-refractivity contribution is 5.78. The van der Waals surface area contributed by atoms with Crippen LogP contribution in [0, 0.1) is 11.3 Å². The number of allylic oxidation sites excluding steroid dienone is 4. The molecule has 0 saturated carbocycles. The summed E-state index contributed by atoms with van der Waals surface area (Å²) in [6.45, 7) is 0. The number of anilines is 1. The van der Waals surface area contributed by atoms with E-state index < -0.39 is 0 Å². The molecular formula is C21H17N5O. The Morgan fingerprint density at radius 2 is 2.07 bits per heavy atom. The predicted molar refractivity (Wildman–Crippen MR) is 107 cm³/mol. The van der Waals surface area contributed by atoms with E-state index in [0.717, 1.165) is 16.9 Å². The summed E-state index contributed by atoms with van der Waals surface area (Å²) in [6.07, 6.45) is 20.3. The van der Waals surface area contributed by atoms with Gasteiger partial charge in [-0.2, -0.15) is 5.26 Å². The molecule has 1 aromatic carbocycles. The van der Waals surface area contributed by atoms with Gasteiger partial charge in [-0.3, -0.25) is 4.99 Å². The molecule has 1 aliphatic rings. The number of hydrogen-bond acceptors (Lipinski definition) is 5. The molecule has 0 fully saturated rings. The molecule has 0 aliphatic carbocycles. The van der Waals surface area contributed by atoms with E-state index in [1.807, 2.05) is 41.1 Å². The molecule has 2 heterocycles. The number of benzene rings is 1. The van der Waals surface area contributed by atoms with Crippen molar-refractivity contribution in [3.63, 3.8) is 0 Å². The van der Waals surface area contributed by atoms with Crippen LogP contribution in [0.2, 0.25) is 0 Å². The molecule has 1 aromatic heterocycles. The van der Waals surface area contributed by atoms with Crippen molar-refractivity contribution < 1.29 is 4.74 Å². The smallest absolute Gasteiger partial charge is 0.108 e. The Morgan fingerprint density at radius 1 is 1.15 bits per heavy atom. The van der Waals surface area contributed by atoms with Crippen molar-refractivity contribution in [1.82, 2.24) is 9.55 Å². The molecule has 3 rings (SSSR count). The van der Waals surface area contributed by atoms with Gasteiger partial charge in [0.1, 0.15) is 12.3 Å². The van der Waals surface area contributed by atoms with Crippen LogP contribution in [0.5, 0.6) is 0 Å². The van der Waals surface area contributed by atoms with E-state index in [0.29, 0.717) is 5.57 Å². The average molecular weight is 355 g/mol. The number of hydrogen-bond donors (Lipinski definition) is 1. The van der Waals surface area contributed by atoms with E-state index in [9.17, 15) is 5.26 Å². The van der Waals surface area contributed by atoms with Crippen molar-refractivity contribution in [1.29, 1.82) is 5.26 Å². The summed E-state index contributed by atoms with van der Waals surface area (Å²) in [5, 5.41) is 12.4. The largest absolute Gasteiger partial charge is 0.471 e. The number of nitrogens with zero attached hydrogens (tertiary/aromatic N) is 4. The molecule has 27 heavy (non-hydrogen) atoms. The van der Waals surface area contributed by atoms with Crippen LogP contribution < -0.4 is 5.32 Å². The van der Waals surface area contributed by atoms with E-state index >= 15 is 0 Å². The minimum absolute atomic E-state index is 0.396. The molecule has 1 N–H and O–H groups in total. The molecule has 0 atom stereocenters. The Labute approximate surface area is 157 Å². The van der Waals surface area contributed by atoms with Crippen LogP contribution in [0.15, 0.2) is 90.5 Å². The van der Waals surface area contributed by atoms with Gasteiger partial charge in [-0.25, -0.2) is 4.98 Å². The molecule has 2 aromatic rings. The van der Waals surface area contributed by atoms with Crippen LogP contribution in [0.4, 0.5) is 5.69 Å². The lowest BCUT2D eigenvalue weighted by Gasteiger charge is -2.04. The number of ether oxygens (including phenoxy) is 1. The second-order valence-electron chi connectivity index (χ2n) is 5.38. The Hall–Kier alpha value is -4.11. The van der Waals surface area contributed by atoms with E-state index in [1.54, 1.807) is 49.4 Å². The number of aromatic nitrogens is 2. The first-order valence-electron chi connectivity index (χ1n) is 8.19. The molecule has 0 amide bonds. The second-order valence-corrected chi connectivity index (χ2v) is 5.38. The molecule has 6 heteroatoms. The van der Waals surface area contributed by atoms with Crippen molar-refractivity contribution >= 4 is 24.2 Å². The lowest BCUT2D eigenvalue weighted by atomic mass is 10.2. The zero-order valence-electron chi connectivity index (χ0n) is 14.4. The van der Waals surface area contributed by atoms with Gasteiger partial charge >= 0.3 is 0 Å². The van der Waals surface area contributed by atoms with Crippen LogP contribution >= 0.6 is 0 Å². The highest BCUT2D eigenvalue weighted by Gasteiger charge is 1.96. The number of nitrogens with one attached hydrogen (secondary N) is 1. The Balaban J connectivity index is 1.91. The van der Waals surface area contributed by atoms with Gasteiger partial charge in [-0.1, -0.05) is 24.3 Å². The van der Waals surface area contributed by atoms with Gasteiger partial charge in [0.05, 0.1) is 36.3 Å². The molecular weight excluding hydrogens is 338 g/mol. The quantitative estimate of drug-likeness (QED) is 0.763. The molecule has 0 radical (unpaired) electrons. The maximum atomic E-state index is 9.18. The van der Waals surface area contributed by atoms with E-state index in [2.05, 4.69) is 21.4 Å². The fourth-order valence-electron chi connectivity index (χ4n) is 2.23. The van der Waals surface area contributed by atoms with Crippen molar-refractivity contribution in [2.75, 3.05) is 5.32 Å². The lowest BCUT2D eigenvalue weighted by molar-refractivity contribution is 0.404. The SMILES string of the molecule is N#CC1=C\O/C=C/c2ccccc2N/C=C\N=C\c2cncn2/C=C/C=C\1. The summed E-state index contributed by atoms with van der Waals surface area (Å²) in [7, 11) is 0. The van der Waals surface area contributed by atoms with Crippen LogP contribution in [0.25, 0.3) is 12.3 Å². The molecule has 0 bridgehead atoms. The molecule has 6 nitrogen and oxygen atoms in total. The van der Waals surface area contributed by atoms with Crippen LogP contribution in [0.3, 0.4) is 0 Å². The number of rotatable bonds is 0. The van der Waals surface area contributed by atoms with Crippen molar-refractivity contribution in [3.8, 4) is 6.07 Å². The molecule has 0 unspecified atom stereocenters. The number of fused-ring (bicyclic) bond motifs is 2. The van der Waals surface area contributed by atoms with Gasteiger partial charge in [0.25, 0.3) is 0 Å². The number of aliphatic imine (C=N–C) groups is 1. The Kier molecular flexibility index (Phi) is 6.16. The highest BCUT2D eigenvalue weighted by Crippen LogP contribution is 2.17. The summed E-state index contributed by atoms with van der Waals surface area (Å²) in [5.41, 5.74) is 3.07. The van der Waals surface area contributed by atoms with Gasteiger partial charge in [-0.05, 0) is 24.3 Å². The summed E-state index contributed by atoms with van der Waals surface area (Å²) in [5.74, 6) is 0. The fourth-order valence-corrected chi connectivity index (χ4v) is 2.23. The maximum absolute atomic E-state index is 9.18. The van der Waals surface area contributed by atoms with Gasteiger partial charge in [0.15, 0.2) is 0 Å². The second kappa shape index (κ2) is 9.39. The first kappa shape index (κ1) is 17.7. The molecule has 1 aliphatic heterocycles. The zero-order chi connectivity index (χ0) is 18.7. The third kappa shape index (κ3) is 5.18. The van der Waals surface area contributed by atoms with Gasteiger partial charge < -0.3 is 14.6 Å². The van der Waals surface area contributed by atoms with Crippen molar-refractivity contribution in [3.05, 3.63) is 96.8 Å². The fraction of sp³-hybridized carbons (Fsp3) is 0. The first-order valence-corrected chi connectivity index (χ1v) is 8.19. The number of nitriles is 1. The normalized spacial score (nSPS) is 21.8. The van der Waals surface area contributed by atoms with E-state index in [1.165, 1.54) is 12.5 Å². The van der Waals surface area contributed by atoms with E-state index in [-0.39, 0.29) is 0 Å².